The lowest BCUT2D eigenvalue weighted by atomic mass is 10.2. The summed E-state index contributed by atoms with van der Waals surface area (Å²) >= 11 is 12.7. The Bertz CT molecular complexity index is 1160. The fourth-order valence-electron chi connectivity index (χ4n) is 2.87. The molecule has 2 aromatic carbocycles. The van der Waals surface area contributed by atoms with Crippen LogP contribution < -0.4 is 5.32 Å². The van der Waals surface area contributed by atoms with E-state index in [1.807, 2.05) is 37.3 Å². The molecular formula is C20H14Cl2N4O. The standard InChI is InChI=1S/C20H14Cl2N4O/c1-12-17-18(22)14(20(27)24-16-10-6-5-9-15(16)21)11-23-19(17)26(25-12)13-7-3-2-4-8-13/h2-11H,1H3,(H,24,27). The Kier molecular flexibility index (Phi) is 4.56. The van der Waals surface area contributed by atoms with E-state index in [2.05, 4.69) is 15.4 Å². The maximum Gasteiger partial charge on any atom is 0.258 e. The molecule has 1 N–H and O–H groups in total. The largest absolute Gasteiger partial charge is 0.321 e. The molecule has 134 valence electrons. The van der Waals surface area contributed by atoms with Gasteiger partial charge in [0, 0.05) is 6.20 Å². The number of pyridine rings is 1. The van der Waals surface area contributed by atoms with Crippen LogP contribution in [-0.4, -0.2) is 20.7 Å². The molecule has 0 aliphatic rings. The number of aryl methyl sites for hydroxylation is 1. The molecule has 4 rings (SSSR count). The van der Waals surface area contributed by atoms with Crippen LogP contribution in [0.15, 0.2) is 60.8 Å². The van der Waals surface area contributed by atoms with E-state index in [9.17, 15) is 4.79 Å². The van der Waals surface area contributed by atoms with Crippen molar-refractivity contribution in [1.29, 1.82) is 0 Å². The number of nitrogens with zero attached hydrogens (tertiary/aromatic N) is 3. The minimum atomic E-state index is -0.380. The second-order valence-electron chi connectivity index (χ2n) is 5.95. The zero-order valence-electron chi connectivity index (χ0n) is 14.3. The Labute approximate surface area is 165 Å². The van der Waals surface area contributed by atoms with Crippen molar-refractivity contribution in [1.82, 2.24) is 14.8 Å². The van der Waals surface area contributed by atoms with Crippen molar-refractivity contribution < 1.29 is 4.79 Å². The lowest BCUT2D eigenvalue weighted by Gasteiger charge is -2.09. The fourth-order valence-corrected chi connectivity index (χ4v) is 3.41. The van der Waals surface area contributed by atoms with Crippen molar-refractivity contribution in [2.24, 2.45) is 0 Å². The average molecular weight is 397 g/mol. The van der Waals surface area contributed by atoms with Gasteiger partial charge in [0.05, 0.1) is 38.1 Å². The van der Waals surface area contributed by atoms with Crippen molar-refractivity contribution in [3.05, 3.63) is 82.1 Å². The molecule has 2 heterocycles. The molecular weight excluding hydrogens is 383 g/mol. The molecule has 1 amide bonds. The van der Waals surface area contributed by atoms with E-state index in [4.69, 9.17) is 23.2 Å². The van der Waals surface area contributed by atoms with E-state index in [1.165, 1.54) is 6.20 Å². The first-order valence-electron chi connectivity index (χ1n) is 8.21. The first-order chi connectivity index (χ1) is 13.1. The molecule has 27 heavy (non-hydrogen) atoms. The van der Waals surface area contributed by atoms with Crippen molar-refractivity contribution in [3.8, 4) is 5.69 Å². The summed E-state index contributed by atoms with van der Waals surface area (Å²) in [6.07, 6.45) is 1.46. The van der Waals surface area contributed by atoms with Crippen LogP contribution in [0.4, 0.5) is 5.69 Å². The second-order valence-corrected chi connectivity index (χ2v) is 6.74. The van der Waals surface area contributed by atoms with Gasteiger partial charge in [-0.2, -0.15) is 5.10 Å². The quantitative estimate of drug-likeness (QED) is 0.511. The first kappa shape index (κ1) is 17.5. The lowest BCUT2D eigenvalue weighted by Crippen LogP contribution is -2.13. The number of para-hydroxylation sites is 2. The minimum absolute atomic E-state index is 0.264. The van der Waals surface area contributed by atoms with E-state index in [0.29, 0.717) is 32.5 Å². The number of hydrogen-bond donors (Lipinski definition) is 1. The van der Waals surface area contributed by atoms with Gasteiger partial charge in [0.15, 0.2) is 5.65 Å². The Morgan fingerprint density at radius 3 is 2.48 bits per heavy atom. The van der Waals surface area contributed by atoms with Gasteiger partial charge < -0.3 is 5.32 Å². The van der Waals surface area contributed by atoms with Crippen LogP contribution in [0, 0.1) is 6.92 Å². The highest BCUT2D eigenvalue weighted by Crippen LogP contribution is 2.31. The molecule has 0 atom stereocenters. The molecule has 0 aliphatic heterocycles. The van der Waals surface area contributed by atoms with E-state index in [0.717, 1.165) is 5.69 Å². The molecule has 0 bridgehead atoms. The van der Waals surface area contributed by atoms with Crippen LogP contribution in [0.25, 0.3) is 16.7 Å². The molecule has 0 aliphatic carbocycles. The molecule has 5 nitrogen and oxygen atoms in total. The van der Waals surface area contributed by atoms with E-state index in [-0.39, 0.29) is 11.5 Å². The van der Waals surface area contributed by atoms with Crippen LogP contribution in [0.2, 0.25) is 10.0 Å². The maximum atomic E-state index is 12.7. The molecule has 0 unspecified atom stereocenters. The van der Waals surface area contributed by atoms with E-state index in [1.54, 1.807) is 28.9 Å². The predicted octanol–water partition coefficient (Wildman–Crippen LogP) is 5.29. The zero-order valence-corrected chi connectivity index (χ0v) is 15.8. The first-order valence-corrected chi connectivity index (χ1v) is 8.97. The van der Waals surface area contributed by atoms with Crippen LogP contribution in [0.5, 0.6) is 0 Å². The number of benzene rings is 2. The molecule has 0 saturated carbocycles. The molecule has 4 aromatic rings. The number of carbonyl (C=O) groups excluding carboxylic acids is 1. The van der Waals surface area contributed by atoms with Crippen LogP contribution in [0.3, 0.4) is 0 Å². The number of rotatable bonds is 3. The lowest BCUT2D eigenvalue weighted by molar-refractivity contribution is 0.102. The molecule has 0 fully saturated rings. The smallest absolute Gasteiger partial charge is 0.258 e. The molecule has 7 heteroatoms. The maximum absolute atomic E-state index is 12.7. The number of halogens is 2. The summed E-state index contributed by atoms with van der Waals surface area (Å²) in [4.78, 5) is 17.1. The van der Waals surface area contributed by atoms with Gasteiger partial charge in [-0.25, -0.2) is 9.67 Å². The zero-order chi connectivity index (χ0) is 19.0. The Hall–Kier alpha value is -2.89. The molecule has 0 spiro atoms. The summed E-state index contributed by atoms with van der Waals surface area (Å²) in [5.74, 6) is -0.380. The predicted molar refractivity (Wildman–Crippen MR) is 108 cm³/mol. The highest BCUT2D eigenvalue weighted by Gasteiger charge is 2.20. The highest BCUT2D eigenvalue weighted by molar-refractivity contribution is 6.39. The van der Waals surface area contributed by atoms with Gasteiger partial charge in [-0.05, 0) is 31.2 Å². The Balaban J connectivity index is 1.78. The number of hydrogen-bond acceptors (Lipinski definition) is 3. The van der Waals surface area contributed by atoms with Crippen molar-refractivity contribution in [2.45, 2.75) is 6.92 Å². The van der Waals surface area contributed by atoms with Gasteiger partial charge >= 0.3 is 0 Å². The topological polar surface area (TPSA) is 59.8 Å². The van der Waals surface area contributed by atoms with Crippen molar-refractivity contribution in [2.75, 3.05) is 5.32 Å². The van der Waals surface area contributed by atoms with Crippen LogP contribution in [0.1, 0.15) is 16.1 Å². The number of anilines is 1. The minimum Gasteiger partial charge on any atom is -0.321 e. The average Bonchev–Trinajstić information content (AvgIpc) is 3.02. The number of nitrogens with one attached hydrogen (secondary N) is 1. The third-order valence-electron chi connectivity index (χ3n) is 4.18. The summed E-state index contributed by atoms with van der Waals surface area (Å²) in [6, 6.07) is 16.6. The van der Waals surface area contributed by atoms with Gasteiger partial charge in [-0.15, -0.1) is 0 Å². The van der Waals surface area contributed by atoms with Crippen LogP contribution >= 0.6 is 23.2 Å². The Morgan fingerprint density at radius 2 is 1.74 bits per heavy atom. The molecule has 0 saturated heterocycles. The normalized spacial score (nSPS) is 10.9. The van der Waals surface area contributed by atoms with E-state index < -0.39 is 0 Å². The van der Waals surface area contributed by atoms with Crippen LogP contribution in [-0.2, 0) is 0 Å². The SMILES string of the molecule is Cc1nn(-c2ccccc2)c2ncc(C(=O)Nc3ccccc3Cl)c(Cl)c12. The van der Waals surface area contributed by atoms with Gasteiger partial charge in [0.25, 0.3) is 5.91 Å². The summed E-state index contributed by atoms with van der Waals surface area (Å²) < 4.78 is 1.71. The third kappa shape index (κ3) is 3.16. The summed E-state index contributed by atoms with van der Waals surface area (Å²) in [5, 5.41) is 8.71. The molecule has 0 radical (unpaired) electrons. The van der Waals surface area contributed by atoms with E-state index >= 15 is 0 Å². The summed E-state index contributed by atoms with van der Waals surface area (Å²) in [7, 11) is 0. The number of aromatic nitrogens is 3. The highest BCUT2D eigenvalue weighted by atomic mass is 35.5. The summed E-state index contributed by atoms with van der Waals surface area (Å²) in [6.45, 7) is 1.84. The van der Waals surface area contributed by atoms with Gasteiger partial charge in [0.2, 0.25) is 0 Å². The monoisotopic (exact) mass is 396 g/mol. The van der Waals surface area contributed by atoms with Crippen molar-refractivity contribution >= 4 is 45.8 Å². The summed E-state index contributed by atoms with van der Waals surface area (Å²) in [5.41, 5.74) is 2.93. The third-order valence-corrected chi connectivity index (χ3v) is 4.90. The van der Waals surface area contributed by atoms with Gasteiger partial charge in [-0.1, -0.05) is 53.5 Å². The van der Waals surface area contributed by atoms with Crippen molar-refractivity contribution in [3.63, 3.8) is 0 Å². The molecule has 2 aromatic heterocycles. The number of amides is 1. The second kappa shape index (κ2) is 7.02. The van der Waals surface area contributed by atoms with Gasteiger partial charge in [-0.3, -0.25) is 4.79 Å². The number of fused-ring (bicyclic) bond motifs is 1. The number of carbonyl (C=O) groups is 1. The Morgan fingerprint density at radius 1 is 1.04 bits per heavy atom. The fraction of sp³-hybridized carbons (Fsp3) is 0.0500. The van der Waals surface area contributed by atoms with Gasteiger partial charge in [0.1, 0.15) is 0 Å².